The minimum absolute atomic E-state index is 0. The van der Waals surface area contributed by atoms with Crippen molar-refractivity contribution in [3.05, 3.63) is 23.9 Å². The molecule has 0 spiro atoms. The third-order valence-electron chi connectivity index (χ3n) is 2.69. The molecule has 1 rings (SSSR count). The molecule has 19 heavy (non-hydrogen) atoms. The number of nitrogens with two attached hydrogens (primary N) is 1. The number of aliphatic hydroxyl groups excluding tert-OH is 1. The Bertz CT molecular complexity index is 321. The zero-order valence-corrected chi connectivity index (χ0v) is 12.8. The van der Waals surface area contributed by atoms with E-state index in [0.29, 0.717) is 12.4 Å². The lowest BCUT2D eigenvalue weighted by atomic mass is 10.1. The van der Waals surface area contributed by atoms with E-state index in [2.05, 4.69) is 17.2 Å². The van der Waals surface area contributed by atoms with Gasteiger partial charge >= 0.3 is 0 Å². The molecule has 0 saturated heterocycles. The second-order valence-corrected chi connectivity index (χ2v) is 3.96. The van der Waals surface area contributed by atoms with Crippen LogP contribution in [0.4, 0.5) is 5.82 Å². The molecule has 0 bridgehead atoms. The van der Waals surface area contributed by atoms with Crippen LogP contribution in [0.15, 0.2) is 18.3 Å². The number of aromatic nitrogens is 1. The first-order valence-electron chi connectivity index (χ1n) is 5.80. The van der Waals surface area contributed by atoms with Gasteiger partial charge in [-0.05, 0) is 12.5 Å². The Morgan fingerprint density at radius 1 is 1.37 bits per heavy atom. The number of rotatable bonds is 7. The molecule has 0 fully saturated rings. The van der Waals surface area contributed by atoms with E-state index in [1.54, 1.807) is 25.4 Å². The monoisotopic (exact) mass is 311 g/mol. The fourth-order valence-corrected chi connectivity index (χ4v) is 1.51. The zero-order valence-electron chi connectivity index (χ0n) is 11.2. The number of ether oxygens (including phenoxy) is 1. The predicted molar refractivity (Wildman–Crippen MR) is 82.1 cm³/mol. The molecule has 0 amide bonds. The average molecular weight is 312 g/mol. The minimum Gasteiger partial charge on any atom is -0.387 e. The Balaban J connectivity index is 0. The molecular weight excluding hydrogens is 289 g/mol. The summed E-state index contributed by atoms with van der Waals surface area (Å²) in [5.41, 5.74) is 6.24. The minimum atomic E-state index is -0.572. The summed E-state index contributed by atoms with van der Waals surface area (Å²) in [6.45, 7) is 3.27. The lowest BCUT2D eigenvalue weighted by Gasteiger charge is -2.16. The maximum atomic E-state index is 9.89. The first-order chi connectivity index (χ1) is 8.17. The largest absolute Gasteiger partial charge is 0.387 e. The van der Waals surface area contributed by atoms with Gasteiger partial charge in [-0.1, -0.05) is 13.0 Å². The second-order valence-electron chi connectivity index (χ2n) is 3.96. The molecule has 0 aliphatic rings. The quantitative estimate of drug-likeness (QED) is 0.712. The number of nitrogens with zero attached hydrogens (tertiary/aromatic N) is 1. The summed E-state index contributed by atoms with van der Waals surface area (Å²) < 4.78 is 5.23. The van der Waals surface area contributed by atoms with Crippen molar-refractivity contribution in [3.8, 4) is 0 Å². The number of nitrogens with one attached hydrogen (secondary N) is 1. The van der Waals surface area contributed by atoms with Gasteiger partial charge in [0.25, 0.3) is 0 Å². The number of nitrogen functional groups attached to an aromatic ring is 1. The summed E-state index contributed by atoms with van der Waals surface area (Å²) in [4.78, 5) is 3.94. The van der Waals surface area contributed by atoms with Gasteiger partial charge in [-0.2, -0.15) is 0 Å². The normalized spacial score (nSPS) is 13.0. The molecule has 1 heterocycles. The van der Waals surface area contributed by atoms with Gasteiger partial charge < -0.3 is 20.9 Å². The summed E-state index contributed by atoms with van der Waals surface area (Å²) >= 11 is 0. The fourth-order valence-electron chi connectivity index (χ4n) is 1.51. The third-order valence-corrected chi connectivity index (χ3v) is 2.69. The summed E-state index contributed by atoms with van der Waals surface area (Å²) in [6.07, 6.45) is 2.16. The van der Waals surface area contributed by atoms with Gasteiger partial charge in [-0.15, -0.1) is 24.8 Å². The van der Waals surface area contributed by atoms with Crippen molar-refractivity contribution in [2.75, 3.05) is 25.9 Å². The molecule has 7 heteroatoms. The topological polar surface area (TPSA) is 80.4 Å². The molecule has 0 saturated carbocycles. The van der Waals surface area contributed by atoms with Crippen molar-refractivity contribution >= 4 is 30.6 Å². The summed E-state index contributed by atoms with van der Waals surface area (Å²) in [6, 6.07) is 3.46. The van der Waals surface area contributed by atoms with Gasteiger partial charge in [-0.25, -0.2) is 4.98 Å². The van der Waals surface area contributed by atoms with Gasteiger partial charge in [0.05, 0.1) is 12.2 Å². The highest BCUT2D eigenvalue weighted by molar-refractivity contribution is 5.85. The molecule has 1 aromatic rings. The van der Waals surface area contributed by atoms with Crippen LogP contribution in [0.25, 0.3) is 0 Å². The van der Waals surface area contributed by atoms with E-state index in [9.17, 15) is 5.11 Å². The Kier molecular flexibility index (Phi) is 12.3. The number of anilines is 1. The SMILES string of the molecule is CC[C@H](CNCC(O)c1ccc(N)nc1)OC.Cl.Cl. The zero-order chi connectivity index (χ0) is 12.7. The molecule has 1 unspecified atom stereocenters. The number of hydrogen-bond donors (Lipinski definition) is 3. The first kappa shape index (κ1) is 20.7. The van der Waals surface area contributed by atoms with E-state index in [1.807, 2.05) is 0 Å². The predicted octanol–water partition coefficient (Wildman–Crippen LogP) is 1.56. The van der Waals surface area contributed by atoms with Gasteiger partial charge in [0.15, 0.2) is 0 Å². The summed E-state index contributed by atoms with van der Waals surface area (Å²) in [5.74, 6) is 0.458. The maximum absolute atomic E-state index is 9.89. The smallest absolute Gasteiger partial charge is 0.123 e. The highest BCUT2D eigenvalue weighted by atomic mass is 35.5. The summed E-state index contributed by atoms with van der Waals surface area (Å²) in [7, 11) is 1.69. The van der Waals surface area contributed by atoms with Crippen LogP contribution in [0.2, 0.25) is 0 Å². The number of pyridine rings is 1. The average Bonchev–Trinajstić information content (AvgIpc) is 2.35. The third kappa shape index (κ3) is 7.54. The molecule has 1 aromatic heterocycles. The van der Waals surface area contributed by atoms with Crippen molar-refractivity contribution in [2.45, 2.75) is 25.6 Å². The second kappa shape index (κ2) is 11.3. The van der Waals surface area contributed by atoms with Gasteiger partial charge in [0.1, 0.15) is 5.82 Å². The Hall–Kier alpha value is -0.590. The lowest BCUT2D eigenvalue weighted by Crippen LogP contribution is -2.31. The van der Waals surface area contributed by atoms with Crippen molar-refractivity contribution < 1.29 is 9.84 Å². The molecule has 5 nitrogen and oxygen atoms in total. The number of halogens is 2. The van der Waals surface area contributed by atoms with Crippen molar-refractivity contribution in [1.82, 2.24) is 10.3 Å². The highest BCUT2D eigenvalue weighted by Gasteiger charge is 2.09. The molecule has 0 radical (unpaired) electrons. The number of methoxy groups -OCH3 is 1. The van der Waals surface area contributed by atoms with E-state index in [0.717, 1.165) is 18.5 Å². The first-order valence-corrected chi connectivity index (χ1v) is 5.80. The van der Waals surface area contributed by atoms with Crippen LogP contribution in [0.5, 0.6) is 0 Å². The molecule has 0 aliphatic heterocycles. The van der Waals surface area contributed by atoms with Crippen LogP contribution in [-0.4, -0.2) is 36.4 Å². The summed E-state index contributed by atoms with van der Waals surface area (Å²) in [5, 5.41) is 13.1. The van der Waals surface area contributed by atoms with Crippen LogP contribution >= 0.6 is 24.8 Å². The highest BCUT2D eigenvalue weighted by Crippen LogP contribution is 2.11. The molecule has 2 atom stereocenters. The van der Waals surface area contributed by atoms with Crippen molar-refractivity contribution in [3.63, 3.8) is 0 Å². The van der Waals surface area contributed by atoms with Gasteiger partial charge in [0, 0.05) is 32.0 Å². The molecule has 0 aliphatic carbocycles. The number of hydrogen-bond acceptors (Lipinski definition) is 5. The molecule has 112 valence electrons. The van der Waals surface area contributed by atoms with E-state index in [1.165, 1.54) is 0 Å². The lowest BCUT2D eigenvalue weighted by molar-refractivity contribution is 0.0926. The fraction of sp³-hybridized carbons (Fsp3) is 0.583. The van der Waals surface area contributed by atoms with E-state index < -0.39 is 6.10 Å². The Labute approximate surface area is 126 Å². The Morgan fingerprint density at radius 3 is 2.53 bits per heavy atom. The standard InChI is InChI=1S/C12H21N3O2.2ClH/c1-3-10(17-2)7-14-8-11(16)9-4-5-12(13)15-6-9;;/h4-6,10-11,14,16H,3,7-8H2,1-2H3,(H2,13,15);2*1H/t10-,11?;;/m1../s1. The van der Waals surface area contributed by atoms with Crippen LogP contribution in [0.1, 0.15) is 25.0 Å². The molecule has 4 N–H and O–H groups in total. The van der Waals surface area contributed by atoms with Crippen LogP contribution in [0.3, 0.4) is 0 Å². The maximum Gasteiger partial charge on any atom is 0.123 e. The molecular formula is C12H23Cl2N3O2. The van der Waals surface area contributed by atoms with Gasteiger partial charge in [0.2, 0.25) is 0 Å². The van der Waals surface area contributed by atoms with Crippen molar-refractivity contribution in [2.24, 2.45) is 0 Å². The van der Waals surface area contributed by atoms with E-state index >= 15 is 0 Å². The van der Waals surface area contributed by atoms with Gasteiger partial charge in [-0.3, -0.25) is 0 Å². The molecule has 0 aromatic carbocycles. The van der Waals surface area contributed by atoms with E-state index in [-0.39, 0.29) is 30.9 Å². The van der Waals surface area contributed by atoms with Crippen LogP contribution in [-0.2, 0) is 4.74 Å². The number of aliphatic hydroxyl groups is 1. The van der Waals surface area contributed by atoms with Crippen LogP contribution < -0.4 is 11.1 Å². The van der Waals surface area contributed by atoms with E-state index in [4.69, 9.17) is 10.5 Å². The van der Waals surface area contributed by atoms with Crippen molar-refractivity contribution in [1.29, 1.82) is 0 Å². The van der Waals surface area contributed by atoms with Crippen LogP contribution in [0, 0.1) is 0 Å². The Morgan fingerprint density at radius 2 is 2.05 bits per heavy atom.